The van der Waals surface area contributed by atoms with Crippen LogP contribution in [0.3, 0.4) is 0 Å². The third kappa shape index (κ3) is 4.91. The van der Waals surface area contributed by atoms with Crippen LogP contribution in [0.5, 0.6) is 0 Å². The first kappa shape index (κ1) is 11.2. The normalized spacial score (nSPS) is 11.4. The van der Waals surface area contributed by atoms with Crippen molar-refractivity contribution in [3.05, 3.63) is 37.0 Å². The van der Waals surface area contributed by atoms with Gasteiger partial charge >= 0.3 is 0 Å². The van der Waals surface area contributed by atoms with Gasteiger partial charge in [0.25, 0.3) is 0 Å². The molecule has 0 fully saturated rings. The number of likely N-dealkylation sites (N-methyl/N-ethyl adjacent to an activating group) is 1. The van der Waals surface area contributed by atoms with Crippen molar-refractivity contribution >= 4 is 0 Å². The monoisotopic (exact) mass is 165 g/mol. The zero-order chi connectivity index (χ0) is 9.56. The van der Waals surface area contributed by atoms with Crippen molar-refractivity contribution in [1.82, 2.24) is 4.90 Å². The summed E-state index contributed by atoms with van der Waals surface area (Å²) in [7, 11) is 2.09. The lowest BCUT2D eigenvalue weighted by molar-refractivity contribution is 0.299. The minimum Gasteiger partial charge on any atom is -0.300 e. The predicted octanol–water partition coefficient (Wildman–Crippen LogP) is 2.63. The molecule has 0 atom stereocenters. The second-order valence-corrected chi connectivity index (χ2v) is 3.26. The molecule has 0 aromatic heterocycles. The smallest absolute Gasteiger partial charge is 0.0227 e. The van der Waals surface area contributed by atoms with Crippen molar-refractivity contribution in [3.63, 3.8) is 0 Å². The van der Waals surface area contributed by atoms with E-state index in [1.807, 2.05) is 12.2 Å². The number of rotatable bonds is 5. The van der Waals surface area contributed by atoms with Crippen LogP contribution < -0.4 is 0 Å². The molecule has 0 radical (unpaired) electrons. The number of nitrogens with zero attached hydrogens (tertiary/aromatic N) is 1. The van der Waals surface area contributed by atoms with Crippen LogP contribution in [-0.2, 0) is 0 Å². The van der Waals surface area contributed by atoms with Gasteiger partial charge in [0, 0.05) is 12.6 Å². The molecule has 0 heterocycles. The lowest BCUT2D eigenvalue weighted by Gasteiger charge is -2.20. The molecule has 0 unspecified atom stereocenters. The molecule has 0 rings (SSSR count). The van der Waals surface area contributed by atoms with Gasteiger partial charge in [0.1, 0.15) is 0 Å². The second-order valence-electron chi connectivity index (χ2n) is 3.26. The van der Waals surface area contributed by atoms with E-state index in [0.717, 1.165) is 12.1 Å². The lowest BCUT2D eigenvalue weighted by atomic mass is 10.2. The molecule has 0 aromatic rings. The second kappa shape index (κ2) is 5.78. The first-order chi connectivity index (χ1) is 5.57. The topological polar surface area (TPSA) is 3.24 Å². The van der Waals surface area contributed by atoms with Gasteiger partial charge in [-0.15, -0.1) is 0 Å². The molecule has 12 heavy (non-hydrogen) atoms. The molecule has 1 heteroatoms. The molecule has 0 aromatic carbocycles. The summed E-state index contributed by atoms with van der Waals surface area (Å²) in [6.07, 6.45) is 5.67. The van der Waals surface area contributed by atoms with E-state index in [-0.39, 0.29) is 0 Å². The highest BCUT2D eigenvalue weighted by molar-refractivity contribution is 5.19. The van der Waals surface area contributed by atoms with Crippen molar-refractivity contribution in [2.75, 3.05) is 13.6 Å². The molecular weight excluding hydrogens is 146 g/mol. The highest BCUT2D eigenvalue weighted by Gasteiger charge is 2.01. The molecule has 1 nitrogen and oxygen atoms in total. The van der Waals surface area contributed by atoms with Crippen LogP contribution in [0.15, 0.2) is 37.0 Å². The molecule has 0 N–H and O–H groups in total. The minimum absolute atomic E-state index is 0.568. The van der Waals surface area contributed by atoms with E-state index >= 15 is 0 Å². The van der Waals surface area contributed by atoms with Gasteiger partial charge in [-0.2, -0.15) is 0 Å². The Morgan fingerprint density at radius 3 is 2.50 bits per heavy atom. The predicted molar refractivity (Wildman–Crippen MR) is 56.2 cm³/mol. The average Bonchev–Trinajstić information content (AvgIpc) is 2.00. The zero-order valence-corrected chi connectivity index (χ0v) is 8.38. The Morgan fingerprint density at radius 1 is 1.50 bits per heavy atom. The molecule has 0 amide bonds. The Bertz CT molecular complexity index is 177. The van der Waals surface area contributed by atoms with Gasteiger partial charge in [-0.3, -0.25) is 4.90 Å². The van der Waals surface area contributed by atoms with Crippen molar-refractivity contribution in [2.45, 2.75) is 19.9 Å². The van der Waals surface area contributed by atoms with E-state index in [9.17, 15) is 0 Å². The van der Waals surface area contributed by atoms with E-state index < -0.39 is 0 Å². The summed E-state index contributed by atoms with van der Waals surface area (Å²) >= 11 is 0. The van der Waals surface area contributed by atoms with Crippen LogP contribution in [0, 0.1) is 0 Å². The SMILES string of the molecule is C=C/C=C\C(=C)CN(C)C(C)C. The average molecular weight is 165 g/mol. The van der Waals surface area contributed by atoms with Crippen LogP contribution in [0.25, 0.3) is 0 Å². The Labute approximate surface area is 76.1 Å². The summed E-state index contributed by atoms with van der Waals surface area (Å²) in [6, 6.07) is 0.568. The summed E-state index contributed by atoms with van der Waals surface area (Å²) in [5, 5.41) is 0. The Kier molecular flexibility index (Phi) is 5.39. The Morgan fingerprint density at radius 2 is 2.08 bits per heavy atom. The molecule has 0 saturated heterocycles. The first-order valence-corrected chi connectivity index (χ1v) is 4.25. The molecule has 0 bridgehead atoms. The summed E-state index contributed by atoms with van der Waals surface area (Å²) in [5.41, 5.74) is 1.12. The molecule has 0 spiro atoms. The molecule has 0 aliphatic heterocycles. The maximum atomic E-state index is 3.94. The maximum Gasteiger partial charge on any atom is 0.0227 e. The molecule has 0 aliphatic carbocycles. The molecule has 0 aliphatic rings. The van der Waals surface area contributed by atoms with Crippen molar-refractivity contribution < 1.29 is 0 Å². The van der Waals surface area contributed by atoms with E-state index in [1.165, 1.54) is 0 Å². The molecular formula is C11H19N. The fraction of sp³-hybridized carbons (Fsp3) is 0.455. The maximum absolute atomic E-state index is 3.94. The quantitative estimate of drug-likeness (QED) is 0.566. The third-order valence-electron chi connectivity index (χ3n) is 1.80. The molecule has 0 saturated carbocycles. The van der Waals surface area contributed by atoms with Crippen LogP contribution in [-0.4, -0.2) is 24.5 Å². The summed E-state index contributed by atoms with van der Waals surface area (Å²) in [5.74, 6) is 0. The number of hydrogen-bond acceptors (Lipinski definition) is 1. The fourth-order valence-electron chi connectivity index (χ4n) is 0.760. The standard InChI is InChI=1S/C11H19N/c1-6-7-8-11(4)9-12(5)10(2)3/h6-8,10H,1,4,9H2,2-3,5H3/b8-7-. The van der Waals surface area contributed by atoms with E-state index in [0.29, 0.717) is 6.04 Å². The van der Waals surface area contributed by atoms with Gasteiger partial charge in [-0.1, -0.05) is 31.4 Å². The number of allylic oxidation sites excluding steroid dienone is 2. The Hall–Kier alpha value is -0.820. The fourth-order valence-corrected chi connectivity index (χ4v) is 0.760. The number of hydrogen-bond donors (Lipinski definition) is 0. The Balaban J connectivity index is 3.84. The minimum atomic E-state index is 0.568. The zero-order valence-electron chi connectivity index (χ0n) is 8.38. The highest BCUT2D eigenvalue weighted by Crippen LogP contribution is 2.00. The highest BCUT2D eigenvalue weighted by atomic mass is 15.1. The van der Waals surface area contributed by atoms with Gasteiger partial charge in [0.15, 0.2) is 0 Å². The van der Waals surface area contributed by atoms with Crippen LogP contribution in [0.1, 0.15) is 13.8 Å². The van der Waals surface area contributed by atoms with Gasteiger partial charge in [0.05, 0.1) is 0 Å². The first-order valence-electron chi connectivity index (χ1n) is 4.25. The van der Waals surface area contributed by atoms with Crippen molar-refractivity contribution in [1.29, 1.82) is 0 Å². The van der Waals surface area contributed by atoms with Gasteiger partial charge in [0.2, 0.25) is 0 Å². The third-order valence-corrected chi connectivity index (χ3v) is 1.80. The summed E-state index contributed by atoms with van der Waals surface area (Å²) in [6.45, 7) is 12.8. The van der Waals surface area contributed by atoms with Gasteiger partial charge in [-0.25, -0.2) is 0 Å². The van der Waals surface area contributed by atoms with E-state index in [2.05, 4.69) is 39.0 Å². The van der Waals surface area contributed by atoms with Crippen LogP contribution in [0.4, 0.5) is 0 Å². The lowest BCUT2D eigenvalue weighted by Crippen LogP contribution is -2.27. The van der Waals surface area contributed by atoms with Crippen molar-refractivity contribution in [2.24, 2.45) is 0 Å². The van der Waals surface area contributed by atoms with Crippen LogP contribution >= 0.6 is 0 Å². The van der Waals surface area contributed by atoms with Crippen LogP contribution in [0.2, 0.25) is 0 Å². The summed E-state index contributed by atoms with van der Waals surface area (Å²) < 4.78 is 0. The largest absolute Gasteiger partial charge is 0.300 e. The van der Waals surface area contributed by atoms with Gasteiger partial charge in [-0.05, 0) is 26.5 Å². The van der Waals surface area contributed by atoms with Gasteiger partial charge < -0.3 is 0 Å². The molecule has 68 valence electrons. The van der Waals surface area contributed by atoms with Crippen molar-refractivity contribution in [3.8, 4) is 0 Å². The van der Waals surface area contributed by atoms with E-state index in [1.54, 1.807) is 6.08 Å². The van der Waals surface area contributed by atoms with E-state index in [4.69, 9.17) is 0 Å². The summed E-state index contributed by atoms with van der Waals surface area (Å²) in [4.78, 5) is 2.25.